The highest BCUT2D eigenvalue weighted by Gasteiger charge is 2.05. The van der Waals surface area contributed by atoms with Crippen LogP contribution in [0.5, 0.6) is 0 Å². The summed E-state index contributed by atoms with van der Waals surface area (Å²) in [6, 6.07) is 7.82. The van der Waals surface area contributed by atoms with Crippen LogP contribution in [0.15, 0.2) is 40.0 Å². The summed E-state index contributed by atoms with van der Waals surface area (Å²) in [4.78, 5) is 5.22. The van der Waals surface area contributed by atoms with Gasteiger partial charge >= 0.3 is 0 Å². The number of hydrogen-bond acceptors (Lipinski definition) is 4. The molecule has 0 fully saturated rings. The van der Waals surface area contributed by atoms with Crippen molar-refractivity contribution in [2.75, 3.05) is 5.73 Å². The van der Waals surface area contributed by atoms with Gasteiger partial charge in [-0.25, -0.2) is 4.98 Å². The minimum atomic E-state index is 0.788. The zero-order valence-corrected chi connectivity index (χ0v) is 9.25. The largest absolute Gasteiger partial charge is 0.448 e. The van der Waals surface area contributed by atoms with Crippen molar-refractivity contribution >= 4 is 17.4 Å². The molecule has 2 aromatic rings. The Balaban J connectivity index is 2.06. The van der Waals surface area contributed by atoms with E-state index in [1.54, 1.807) is 11.8 Å². The summed E-state index contributed by atoms with van der Waals surface area (Å²) in [6.07, 6.45) is 1.47. The van der Waals surface area contributed by atoms with Crippen LogP contribution >= 0.6 is 11.8 Å². The normalized spacial score (nSPS) is 10.5. The molecule has 1 heterocycles. The molecular formula is C11H12N2OS. The van der Waals surface area contributed by atoms with Crippen molar-refractivity contribution in [1.29, 1.82) is 0 Å². The van der Waals surface area contributed by atoms with E-state index in [9.17, 15) is 0 Å². The molecule has 0 radical (unpaired) electrons. The van der Waals surface area contributed by atoms with E-state index in [0.29, 0.717) is 0 Å². The van der Waals surface area contributed by atoms with Gasteiger partial charge in [0.25, 0.3) is 0 Å². The fourth-order valence-electron chi connectivity index (χ4n) is 1.22. The first-order chi connectivity index (χ1) is 7.27. The molecule has 2 rings (SSSR count). The summed E-state index contributed by atoms with van der Waals surface area (Å²) in [5.41, 5.74) is 7.62. The Labute approximate surface area is 92.7 Å². The molecule has 4 heteroatoms. The average Bonchev–Trinajstić information content (AvgIpc) is 2.63. The Hall–Kier alpha value is -1.42. The lowest BCUT2D eigenvalue weighted by molar-refractivity contribution is 0.525. The molecule has 0 aliphatic heterocycles. The maximum absolute atomic E-state index is 5.83. The first-order valence-electron chi connectivity index (χ1n) is 4.63. The number of benzene rings is 1. The zero-order valence-electron chi connectivity index (χ0n) is 8.43. The van der Waals surface area contributed by atoms with E-state index in [4.69, 9.17) is 10.2 Å². The van der Waals surface area contributed by atoms with Gasteiger partial charge in [0.05, 0.1) is 5.69 Å². The molecule has 0 aliphatic rings. The summed E-state index contributed by atoms with van der Waals surface area (Å²) in [6.45, 7) is 1.91. The Kier molecular flexibility index (Phi) is 2.97. The fraction of sp³-hybridized carbons (Fsp3) is 0.182. The molecule has 1 aromatic carbocycles. The number of aromatic nitrogens is 1. The second kappa shape index (κ2) is 4.40. The Bertz CT molecular complexity index is 453. The van der Waals surface area contributed by atoms with E-state index in [-0.39, 0.29) is 0 Å². The van der Waals surface area contributed by atoms with Gasteiger partial charge in [-0.2, -0.15) is 0 Å². The average molecular weight is 220 g/mol. The number of nitrogens with two attached hydrogens (primary N) is 1. The zero-order chi connectivity index (χ0) is 10.7. The van der Waals surface area contributed by atoms with Crippen LogP contribution in [0.25, 0.3) is 0 Å². The van der Waals surface area contributed by atoms with Gasteiger partial charge < -0.3 is 10.2 Å². The van der Waals surface area contributed by atoms with E-state index >= 15 is 0 Å². The Morgan fingerprint density at radius 2 is 2.20 bits per heavy atom. The van der Waals surface area contributed by atoms with Crippen LogP contribution in [0.2, 0.25) is 0 Å². The lowest BCUT2D eigenvalue weighted by Crippen LogP contribution is -1.89. The van der Waals surface area contributed by atoms with Gasteiger partial charge in [-0.1, -0.05) is 12.1 Å². The first kappa shape index (κ1) is 10.1. The van der Waals surface area contributed by atoms with Gasteiger partial charge in [0.1, 0.15) is 5.76 Å². The third kappa shape index (κ3) is 2.33. The number of rotatable bonds is 3. The third-order valence-electron chi connectivity index (χ3n) is 2.13. The minimum absolute atomic E-state index is 0.788. The van der Waals surface area contributed by atoms with Crippen LogP contribution in [0, 0.1) is 6.92 Å². The molecule has 2 N–H and O–H groups in total. The maximum atomic E-state index is 5.83. The highest BCUT2D eigenvalue weighted by Crippen LogP contribution is 2.27. The van der Waals surface area contributed by atoms with Crippen molar-refractivity contribution in [2.24, 2.45) is 0 Å². The summed E-state index contributed by atoms with van der Waals surface area (Å²) >= 11 is 1.67. The number of nitrogen functional groups attached to an aromatic ring is 1. The van der Waals surface area contributed by atoms with Crippen LogP contribution in [0.4, 0.5) is 5.69 Å². The molecule has 0 spiro atoms. The van der Waals surface area contributed by atoms with E-state index in [1.165, 1.54) is 6.39 Å². The quantitative estimate of drug-likeness (QED) is 0.638. The lowest BCUT2D eigenvalue weighted by Gasteiger charge is -2.03. The molecule has 0 atom stereocenters. The monoisotopic (exact) mass is 220 g/mol. The molecule has 0 bridgehead atoms. The molecule has 0 saturated heterocycles. The molecular weight excluding hydrogens is 208 g/mol. The SMILES string of the molecule is Cc1ocnc1CSc1ccccc1N. The molecule has 0 amide bonds. The first-order valence-corrected chi connectivity index (χ1v) is 5.62. The smallest absolute Gasteiger partial charge is 0.181 e. The van der Waals surface area contributed by atoms with Crippen molar-refractivity contribution in [1.82, 2.24) is 4.98 Å². The minimum Gasteiger partial charge on any atom is -0.448 e. The van der Waals surface area contributed by atoms with Crippen LogP contribution < -0.4 is 5.73 Å². The lowest BCUT2D eigenvalue weighted by atomic mass is 10.3. The highest BCUT2D eigenvalue weighted by molar-refractivity contribution is 7.98. The molecule has 0 aliphatic carbocycles. The Morgan fingerprint density at radius 3 is 2.87 bits per heavy atom. The van der Waals surface area contributed by atoms with E-state index in [1.807, 2.05) is 31.2 Å². The number of anilines is 1. The second-order valence-electron chi connectivity index (χ2n) is 3.18. The molecule has 1 aromatic heterocycles. The predicted molar refractivity (Wildman–Crippen MR) is 61.7 cm³/mol. The van der Waals surface area contributed by atoms with Crippen molar-refractivity contribution in [3.8, 4) is 0 Å². The topological polar surface area (TPSA) is 52.0 Å². The number of oxazole rings is 1. The van der Waals surface area contributed by atoms with Crippen LogP contribution in [-0.4, -0.2) is 4.98 Å². The van der Waals surface area contributed by atoms with Gasteiger partial charge in [-0.15, -0.1) is 11.8 Å². The summed E-state index contributed by atoms with van der Waals surface area (Å²) in [5, 5.41) is 0. The van der Waals surface area contributed by atoms with Gasteiger partial charge in [0.15, 0.2) is 6.39 Å². The van der Waals surface area contributed by atoms with Crippen LogP contribution in [0.1, 0.15) is 11.5 Å². The predicted octanol–water partition coefficient (Wildman–Crippen LogP) is 2.86. The molecule has 0 unspecified atom stereocenters. The summed E-state index contributed by atoms with van der Waals surface area (Å²) < 4.78 is 5.13. The van der Waals surface area contributed by atoms with Crippen molar-refractivity contribution in [3.05, 3.63) is 42.1 Å². The standard InChI is InChI=1S/C11H12N2OS/c1-8-10(13-7-14-8)6-15-11-5-3-2-4-9(11)12/h2-5,7H,6,12H2,1H3. The molecule has 78 valence electrons. The summed E-state index contributed by atoms with van der Waals surface area (Å²) in [7, 11) is 0. The third-order valence-corrected chi connectivity index (χ3v) is 3.23. The molecule has 0 saturated carbocycles. The van der Waals surface area contributed by atoms with Gasteiger partial charge in [0.2, 0.25) is 0 Å². The highest BCUT2D eigenvalue weighted by atomic mass is 32.2. The second-order valence-corrected chi connectivity index (χ2v) is 4.20. The van der Waals surface area contributed by atoms with Crippen molar-refractivity contribution in [3.63, 3.8) is 0 Å². The maximum Gasteiger partial charge on any atom is 0.181 e. The van der Waals surface area contributed by atoms with Crippen LogP contribution in [-0.2, 0) is 5.75 Å². The number of para-hydroxylation sites is 1. The van der Waals surface area contributed by atoms with E-state index in [2.05, 4.69) is 4.98 Å². The van der Waals surface area contributed by atoms with E-state index < -0.39 is 0 Å². The van der Waals surface area contributed by atoms with Gasteiger partial charge in [0, 0.05) is 16.3 Å². The van der Waals surface area contributed by atoms with Crippen LogP contribution in [0.3, 0.4) is 0 Å². The number of hydrogen-bond donors (Lipinski definition) is 1. The molecule has 15 heavy (non-hydrogen) atoms. The van der Waals surface area contributed by atoms with Crippen molar-refractivity contribution < 1.29 is 4.42 Å². The number of nitrogens with zero attached hydrogens (tertiary/aromatic N) is 1. The number of aryl methyl sites for hydroxylation is 1. The van der Waals surface area contributed by atoms with E-state index in [0.717, 1.165) is 27.8 Å². The summed E-state index contributed by atoms with van der Waals surface area (Å²) in [5.74, 6) is 1.66. The Morgan fingerprint density at radius 1 is 1.40 bits per heavy atom. The van der Waals surface area contributed by atoms with Gasteiger partial charge in [-0.3, -0.25) is 0 Å². The molecule has 3 nitrogen and oxygen atoms in total. The fourth-order valence-corrected chi connectivity index (χ4v) is 2.20. The number of thioether (sulfide) groups is 1. The van der Waals surface area contributed by atoms with Gasteiger partial charge in [-0.05, 0) is 19.1 Å². The van der Waals surface area contributed by atoms with Crippen molar-refractivity contribution in [2.45, 2.75) is 17.6 Å².